The molecule has 0 fully saturated rings. The molecule has 0 spiro atoms. The fourth-order valence-electron chi connectivity index (χ4n) is 4.04. The Morgan fingerprint density at radius 1 is 1.14 bits per heavy atom. The van der Waals surface area contributed by atoms with E-state index in [9.17, 15) is 27.2 Å². The first-order valence-electron chi connectivity index (χ1n) is 12.6. The van der Waals surface area contributed by atoms with Crippen molar-refractivity contribution in [3.05, 3.63) is 76.8 Å². The molecule has 1 unspecified atom stereocenters. The summed E-state index contributed by atoms with van der Waals surface area (Å²) in [5, 5.41) is 17.7. The Kier molecular flexibility index (Phi) is 8.34. The molecule has 13 nitrogen and oxygen atoms in total. The van der Waals surface area contributed by atoms with Gasteiger partial charge in [-0.3, -0.25) is 29.0 Å². The first-order chi connectivity index (χ1) is 20.0. The summed E-state index contributed by atoms with van der Waals surface area (Å²) in [4.78, 5) is 34.1. The van der Waals surface area contributed by atoms with E-state index in [4.69, 9.17) is 0 Å². The van der Waals surface area contributed by atoms with Crippen molar-refractivity contribution in [2.24, 2.45) is 0 Å². The van der Waals surface area contributed by atoms with Crippen LogP contribution in [0.5, 0.6) is 0 Å². The van der Waals surface area contributed by atoms with E-state index in [0.717, 1.165) is 29.0 Å². The number of carbonyl (C=O) groups excluding carboxylic acids is 2. The summed E-state index contributed by atoms with van der Waals surface area (Å²) in [6, 6.07) is 1.67. The summed E-state index contributed by atoms with van der Waals surface area (Å²) in [6.45, 7) is 0.0449. The van der Waals surface area contributed by atoms with Gasteiger partial charge in [0.2, 0.25) is 0 Å². The van der Waals surface area contributed by atoms with Crippen LogP contribution >= 0.6 is 11.3 Å². The minimum atomic E-state index is -4.53. The number of nitrogens with one attached hydrogen (secondary N) is 3. The van der Waals surface area contributed by atoms with Crippen molar-refractivity contribution in [3.8, 4) is 0 Å². The summed E-state index contributed by atoms with van der Waals surface area (Å²) >= 11 is 1.50. The van der Waals surface area contributed by atoms with Crippen molar-refractivity contribution >= 4 is 28.1 Å². The maximum absolute atomic E-state index is 14.7. The summed E-state index contributed by atoms with van der Waals surface area (Å²) < 4.78 is 56.3. The Morgan fingerprint density at radius 2 is 1.93 bits per heavy atom. The number of amides is 2. The zero-order valence-corrected chi connectivity index (χ0v) is 22.9. The van der Waals surface area contributed by atoms with Gasteiger partial charge in [-0.15, -0.1) is 22.0 Å². The molecule has 42 heavy (non-hydrogen) atoms. The highest BCUT2D eigenvalue weighted by molar-refractivity contribution is 7.15. The van der Waals surface area contributed by atoms with Gasteiger partial charge in [-0.25, -0.2) is 14.1 Å². The van der Waals surface area contributed by atoms with Gasteiger partial charge in [-0.1, -0.05) is 5.21 Å². The minimum Gasteiger partial charge on any atom is -0.345 e. The van der Waals surface area contributed by atoms with Crippen LogP contribution in [0.2, 0.25) is 0 Å². The number of halogens is 4. The predicted molar refractivity (Wildman–Crippen MR) is 141 cm³/mol. The zero-order chi connectivity index (χ0) is 29.9. The van der Waals surface area contributed by atoms with Crippen LogP contribution in [0.15, 0.2) is 54.2 Å². The second-order valence-corrected chi connectivity index (χ2v) is 10.2. The van der Waals surface area contributed by atoms with E-state index in [1.54, 1.807) is 18.3 Å². The molecule has 0 bridgehead atoms. The number of hydrogen-bond acceptors (Lipinski definition) is 10. The molecule has 4 aromatic heterocycles. The molecule has 0 saturated heterocycles. The van der Waals surface area contributed by atoms with Crippen molar-refractivity contribution in [3.63, 3.8) is 0 Å². The zero-order valence-electron chi connectivity index (χ0n) is 22.0. The van der Waals surface area contributed by atoms with Crippen LogP contribution in [-0.2, 0) is 30.6 Å². The quantitative estimate of drug-likeness (QED) is 0.218. The van der Waals surface area contributed by atoms with Gasteiger partial charge in [-0.2, -0.15) is 13.2 Å². The standard InChI is InChI=1S/C24H25F4N11O2S/c1-36-20(22(41)31-10-18-12-37-6-7-42-23(37)32-18)14-38(35-36)5-3-16(25)11-39-13-19(33-34-39)21(40)30-9-17-8-15(2-4-29-17)24(26,27)28/h2,4,6-8,12-14,16,35H,3,5,9-11H2,1H3,(H,30,40)(H,31,41). The van der Waals surface area contributed by atoms with E-state index in [1.807, 2.05) is 22.2 Å². The number of rotatable bonds is 11. The number of fused-ring (bicyclic) bond motifs is 1. The van der Waals surface area contributed by atoms with E-state index in [2.05, 4.69) is 36.4 Å². The van der Waals surface area contributed by atoms with Crippen LogP contribution < -0.4 is 16.2 Å². The number of thiazole rings is 1. The van der Waals surface area contributed by atoms with Crippen LogP contribution in [0.25, 0.3) is 4.96 Å². The maximum Gasteiger partial charge on any atom is 0.416 e. The molecule has 2 amide bonds. The molecular formula is C24H25F4N11O2S. The number of hydrazine groups is 2. The lowest BCUT2D eigenvalue weighted by molar-refractivity contribution is -0.137. The molecule has 0 radical (unpaired) electrons. The van der Waals surface area contributed by atoms with Crippen molar-refractivity contribution < 1.29 is 27.2 Å². The fraction of sp³-hybridized carbons (Fsp3) is 0.333. The average Bonchev–Trinajstić information content (AvgIpc) is 3.74. The minimum absolute atomic E-state index is 0.0168. The summed E-state index contributed by atoms with van der Waals surface area (Å²) in [6.07, 6.45) is 1.74. The third kappa shape index (κ3) is 7.00. The Balaban J connectivity index is 1.06. The number of alkyl halides is 4. The molecule has 222 valence electrons. The van der Waals surface area contributed by atoms with Crippen molar-refractivity contribution in [1.29, 1.82) is 0 Å². The molecule has 1 aliphatic heterocycles. The lowest BCUT2D eigenvalue weighted by Gasteiger charge is -2.21. The Bertz CT molecular complexity index is 1570. The van der Waals surface area contributed by atoms with Gasteiger partial charge in [0.25, 0.3) is 11.8 Å². The van der Waals surface area contributed by atoms with E-state index in [-0.39, 0.29) is 49.9 Å². The second-order valence-electron chi connectivity index (χ2n) is 9.30. The number of imidazole rings is 1. The SMILES string of the molecule is CN1NN(CCC(F)Cn2cc(C(=O)NCc3cc(C(F)(F)F)ccn3)nn2)C=C1C(=O)NCc1cn2ccsc2n1. The lowest BCUT2D eigenvalue weighted by Crippen LogP contribution is -2.41. The third-order valence-corrected chi connectivity index (χ3v) is 6.91. The summed E-state index contributed by atoms with van der Waals surface area (Å²) in [5.41, 5.74) is 3.04. The van der Waals surface area contributed by atoms with Crippen LogP contribution in [0.3, 0.4) is 0 Å². The topological polar surface area (TPSA) is 138 Å². The number of nitrogens with zero attached hydrogens (tertiary/aromatic N) is 8. The summed E-state index contributed by atoms with van der Waals surface area (Å²) in [7, 11) is 1.66. The maximum atomic E-state index is 14.7. The molecule has 5 rings (SSSR count). The van der Waals surface area contributed by atoms with Crippen molar-refractivity contribution in [1.82, 2.24) is 55.5 Å². The van der Waals surface area contributed by atoms with Crippen LogP contribution in [0.1, 0.15) is 33.9 Å². The molecule has 0 aliphatic carbocycles. The average molecular weight is 608 g/mol. The smallest absolute Gasteiger partial charge is 0.345 e. The van der Waals surface area contributed by atoms with E-state index < -0.39 is 23.8 Å². The molecular weight excluding hydrogens is 582 g/mol. The molecule has 4 aromatic rings. The molecule has 1 aliphatic rings. The van der Waals surface area contributed by atoms with Crippen LogP contribution in [0.4, 0.5) is 17.6 Å². The number of aromatic nitrogens is 6. The first kappa shape index (κ1) is 28.9. The molecule has 1 atom stereocenters. The summed E-state index contributed by atoms with van der Waals surface area (Å²) in [5.74, 6) is -1.01. The molecule has 3 N–H and O–H groups in total. The second kappa shape index (κ2) is 12.1. The van der Waals surface area contributed by atoms with Gasteiger partial charge < -0.3 is 10.6 Å². The number of pyridine rings is 1. The van der Waals surface area contributed by atoms with E-state index in [0.29, 0.717) is 5.70 Å². The van der Waals surface area contributed by atoms with Gasteiger partial charge >= 0.3 is 6.18 Å². The Hall–Kier alpha value is -4.58. The number of carbonyl (C=O) groups is 2. The lowest BCUT2D eigenvalue weighted by atomic mass is 10.2. The highest BCUT2D eigenvalue weighted by atomic mass is 32.1. The van der Waals surface area contributed by atoms with E-state index in [1.165, 1.54) is 27.2 Å². The monoisotopic (exact) mass is 607 g/mol. The molecule has 0 aromatic carbocycles. The first-order valence-corrected chi connectivity index (χ1v) is 13.5. The predicted octanol–water partition coefficient (Wildman–Crippen LogP) is 1.88. The normalized spacial score (nSPS) is 14.4. The fourth-order valence-corrected chi connectivity index (χ4v) is 4.75. The van der Waals surface area contributed by atoms with Crippen molar-refractivity contribution in [2.75, 3.05) is 13.6 Å². The van der Waals surface area contributed by atoms with Crippen molar-refractivity contribution in [2.45, 2.75) is 38.4 Å². The largest absolute Gasteiger partial charge is 0.416 e. The third-order valence-electron chi connectivity index (χ3n) is 6.14. The number of hydrogen-bond donors (Lipinski definition) is 3. The molecule has 5 heterocycles. The van der Waals surface area contributed by atoms with E-state index >= 15 is 0 Å². The van der Waals surface area contributed by atoms with Gasteiger partial charge in [0.1, 0.15) is 11.9 Å². The highest BCUT2D eigenvalue weighted by Crippen LogP contribution is 2.29. The Labute approximate surface area is 239 Å². The van der Waals surface area contributed by atoms with Gasteiger partial charge in [-0.05, 0) is 18.6 Å². The van der Waals surface area contributed by atoms with Crippen LogP contribution in [-0.4, -0.2) is 71.0 Å². The van der Waals surface area contributed by atoms with Gasteiger partial charge in [0.05, 0.1) is 42.8 Å². The van der Waals surface area contributed by atoms with Crippen LogP contribution in [0, 0.1) is 0 Å². The highest BCUT2D eigenvalue weighted by Gasteiger charge is 2.30. The Morgan fingerprint density at radius 3 is 2.71 bits per heavy atom. The van der Waals surface area contributed by atoms with Gasteiger partial charge in [0, 0.05) is 43.8 Å². The van der Waals surface area contributed by atoms with Gasteiger partial charge in [0.15, 0.2) is 10.7 Å². The number of likely N-dealkylation sites (N-methyl/N-ethyl adjacent to an activating group) is 1. The molecule has 0 saturated carbocycles. The molecule has 18 heteroatoms.